The number of phenolic OH excluding ortho intramolecular Hbond substituents is 1. The predicted molar refractivity (Wildman–Crippen MR) is 85.2 cm³/mol. The third-order valence-corrected chi connectivity index (χ3v) is 3.33. The molecule has 0 aliphatic carbocycles. The number of anilines is 1. The number of aromatic nitrogens is 1. The second kappa shape index (κ2) is 7.11. The van der Waals surface area contributed by atoms with E-state index in [4.69, 9.17) is 23.2 Å². The van der Waals surface area contributed by atoms with E-state index in [2.05, 4.69) is 15.5 Å². The summed E-state index contributed by atoms with van der Waals surface area (Å²) in [5.74, 6) is -0.853. The number of nitro benzene ring substituents is 1. The van der Waals surface area contributed by atoms with Gasteiger partial charge < -0.3 is 5.11 Å². The monoisotopic (exact) mass is 394 g/mol. The molecule has 1 aromatic carbocycles. The number of hydrazone groups is 1. The van der Waals surface area contributed by atoms with E-state index in [0.717, 1.165) is 12.3 Å². The second-order valence-electron chi connectivity index (χ2n) is 4.54. The van der Waals surface area contributed by atoms with E-state index in [1.54, 1.807) is 0 Å². The molecule has 0 bridgehead atoms. The quantitative estimate of drug-likeness (QED) is 0.452. The molecule has 12 heteroatoms. The molecule has 0 aliphatic rings. The average molecular weight is 395 g/mol. The van der Waals surface area contributed by atoms with Crippen LogP contribution in [0.25, 0.3) is 0 Å². The van der Waals surface area contributed by atoms with Crippen LogP contribution in [-0.4, -0.2) is 21.2 Å². The highest BCUT2D eigenvalue weighted by atomic mass is 35.5. The summed E-state index contributed by atoms with van der Waals surface area (Å²) in [6.45, 7) is 0. The Balaban J connectivity index is 2.24. The van der Waals surface area contributed by atoms with Gasteiger partial charge in [0.2, 0.25) is 5.75 Å². The van der Waals surface area contributed by atoms with E-state index < -0.39 is 28.1 Å². The number of hydrogen-bond donors (Lipinski definition) is 2. The summed E-state index contributed by atoms with van der Waals surface area (Å²) >= 11 is 11.4. The number of alkyl halides is 3. The van der Waals surface area contributed by atoms with Gasteiger partial charge in [0.15, 0.2) is 5.82 Å². The fourth-order valence-corrected chi connectivity index (χ4v) is 2.11. The third kappa shape index (κ3) is 4.48. The van der Waals surface area contributed by atoms with Gasteiger partial charge in [0, 0.05) is 22.8 Å². The van der Waals surface area contributed by atoms with Gasteiger partial charge in [-0.25, -0.2) is 4.98 Å². The lowest BCUT2D eigenvalue weighted by Crippen LogP contribution is -2.06. The number of halogens is 5. The molecular weight excluding hydrogens is 388 g/mol. The van der Waals surface area contributed by atoms with E-state index in [1.807, 2.05) is 0 Å². The molecule has 0 unspecified atom stereocenters. The first-order valence-corrected chi connectivity index (χ1v) is 7.04. The van der Waals surface area contributed by atoms with Gasteiger partial charge >= 0.3 is 11.9 Å². The van der Waals surface area contributed by atoms with E-state index in [0.29, 0.717) is 12.3 Å². The van der Waals surface area contributed by atoms with Gasteiger partial charge in [0.05, 0.1) is 21.7 Å². The van der Waals surface area contributed by atoms with Crippen LogP contribution >= 0.6 is 23.2 Å². The number of nitrogens with zero attached hydrogens (tertiary/aromatic N) is 3. The molecule has 0 fully saturated rings. The molecule has 2 N–H and O–H groups in total. The van der Waals surface area contributed by atoms with Crippen LogP contribution in [0.5, 0.6) is 5.75 Å². The fourth-order valence-electron chi connectivity index (χ4n) is 1.68. The van der Waals surface area contributed by atoms with Gasteiger partial charge in [-0.1, -0.05) is 23.2 Å². The Kier molecular flexibility index (Phi) is 5.33. The van der Waals surface area contributed by atoms with Crippen molar-refractivity contribution in [3.05, 3.63) is 55.7 Å². The lowest BCUT2D eigenvalue weighted by atomic mass is 10.2. The average Bonchev–Trinajstić information content (AvgIpc) is 2.50. The summed E-state index contributed by atoms with van der Waals surface area (Å²) in [4.78, 5) is 13.4. The Bertz CT molecular complexity index is 859. The lowest BCUT2D eigenvalue weighted by Gasteiger charge is -2.08. The molecule has 0 saturated carbocycles. The van der Waals surface area contributed by atoms with Crippen LogP contribution in [0.15, 0.2) is 29.5 Å². The predicted octanol–water partition coefficient (Wildman–Crippen LogP) is 4.47. The summed E-state index contributed by atoms with van der Waals surface area (Å²) in [5, 5.41) is 23.8. The van der Waals surface area contributed by atoms with Crippen molar-refractivity contribution in [2.75, 3.05) is 5.43 Å². The van der Waals surface area contributed by atoms with E-state index in [9.17, 15) is 28.4 Å². The number of phenols is 1. The third-order valence-electron chi connectivity index (χ3n) is 2.82. The maximum absolute atomic E-state index is 12.5. The van der Waals surface area contributed by atoms with Gasteiger partial charge in [0.25, 0.3) is 0 Å². The molecule has 1 heterocycles. The molecule has 2 aromatic rings. The van der Waals surface area contributed by atoms with Crippen LogP contribution in [0.1, 0.15) is 11.1 Å². The topological polar surface area (TPSA) is 101 Å². The first-order valence-electron chi connectivity index (χ1n) is 6.28. The number of rotatable bonds is 4. The highest BCUT2D eigenvalue weighted by Crippen LogP contribution is 2.33. The van der Waals surface area contributed by atoms with Crippen molar-refractivity contribution >= 4 is 40.9 Å². The maximum Gasteiger partial charge on any atom is 0.417 e. The molecule has 0 aliphatic heterocycles. The molecule has 25 heavy (non-hydrogen) atoms. The minimum Gasteiger partial charge on any atom is -0.502 e. The van der Waals surface area contributed by atoms with Crippen LogP contribution in [0.2, 0.25) is 10.0 Å². The van der Waals surface area contributed by atoms with E-state index in [-0.39, 0.29) is 21.4 Å². The Hall–Kier alpha value is -2.59. The molecule has 2 rings (SSSR count). The Morgan fingerprint density at radius 1 is 1.32 bits per heavy atom. The Morgan fingerprint density at radius 3 is 2.56 bits per heavy atom. The molecule has 132 valence electrons. The minimum atomic E-state index is -4.59. The van der Waals surface area contributed by atoms with Crippen molar-refractivity contribution in [3.8, 4) is 5.75 Å². The van der Waals surface area contributed by atoms with Crippen LogP contribution < -0.4 is 5.43 Å². The van der Waals surface area contributed by atoms with Crippen molar-refractivity contribution in [3.63, 3.8) is 0 Å². The standard InChI is InChI=1S/C13H7Cl2F3N4O3/c14-8-1-6(11(23)10(3-8)22(24)25)4-20-21-12-9(15)2-7(5-19-12)13(16,17)18/h1-5,23H,(H,19,21)/b20-4-. The summed E-state index contributed by atoms with van der Waals surface area (Å²) in [5.41, 5.74) is 0.525. The molecule has 0 spiro atoms. The van der Waals surface area contributed by atoms with Gasteiger partial charge in [-0.2, -0.15) is 18.3 Å². The SMILES string of the molecule is O=[N+]([O-])c1cc(Cl)cc(/C=N\Nc2ncc(C(F)(F)F)cc2Cl)c1O. The first-order chi connectivity index (χ1) is 11.6. The van der Waals surface area contributed by atoms with Crippen molar-refractivity contribution in [1.82, 2.24) is 4.98 Å². The molecule has 1 aromatic heterocycles. The van der Waals surface area contributed by atoms with Gasteiger partial charge in [0.1, 0.15) is 0 Å². The highest BCUT2D eigenvalue weighted by molar-refractivity contribution is 6.33. The molecule has 0 atom stereocenters. The van der Waals surface area contributed by atoms with Gasteiger partial charge in [-0.05, 0) is 12.1 Å². The van der Waals surface area contributed by atoms with Crippen LogP contribution in [0.4, 0.5) is 24.7 Å². The number of nitro groups is 1. The van der Waals surface area contributed by atoms with Crippen molar-refractivity contribution in [2.24, 2.45) is 5.10 Å². The largest absolute Gasteiger partial charge is 0.502 e. The smallest absolute Gasteiger partial charge is 0.417 e. The fraction of sp³-hybridized carbons (Fsp3) is 0.0769. The van der Waals surface area contributed by atoms with E-state index >= 15 is 0 Å². The van der Waals surface area contributed by atoms with Gasteiger partial charge in [-0.3, -0.25) is 15.5 Å². The lowest BCUT2D eigenvalue weighted by molar-refractivity contribution is -0.385. The zero-order valence-electron chi connectivity index (χ0n) is 11.9. The van der Waals surface area contributed by atoms with E-state index in [1.165, 1.54) is 6.07 Å². The molecular formula is C13H7Cl2F3N4O3. The summed E-state index contributed by atoms with van der Waals surface area (Å²) < 4.78 is 37.5. The van der Waals surface area contributed by atoms with Crippen LogP contribution in [0.3, 0.4) is 0 Å². The molecule has 0 amide bonds. The summed E-state index contributed by atoms with van der Waals surface area (Å²) in [7, 11) is 0. The number of nitrogens with one attached hydrogen (secondary N) is 1. The Morgan fingerprint density at radius 2 is 2.00 bits per heavy atom. The highest BCUT2D eigenvalue weighted by Gasteiger charge is 2.31. The summed E-state index contributed by atoms with van der Waals surface area (Å²) in [6.07, 6.45) is -3.06. The first kappa shape index (κ1) is 18.7. The second-order valence-corrected chi connectivity index (χ2v) is 5.39. The zero-order chi connectivity index (χ0) is 18.8. The normalized spacial score (nSPS) is 11.7. The summed E-state index contributed by atoms with van der Waals surface area (Å²) in [6, 6.07) is 2.82. The number of benzene rings is 1. The molecule has 0 saturated heterocycles. The molecule has 7 nitrogen and oxygen atoms in total. The van der Waals surface area contributed by atoms with Crippen molar-refractivity contribution in [2.45, 2.75) is 6.18 Å². The van der Waals surface area contributed by atoms with Crippen molar-refractivity contribution < 1.29 is 23.2 Å². The minimum absolute atomic E-state index is 0.0170. The number of aromatic hydroxyl groups is 1. The Labute approximate surface area is 147 Å². The number of hydrogen-bond acceptors (Lipinski definition) is 6. The zero-order valence-corrected chi connectivity index (χ0v) is 13.4. The number of pyridine rings is 1. The maximum atomic E-state index is 12.5. The molecule has 0 radical (unpaired) electrons. The van der Waals surface area contributed by atoms with Crippen molar-refractivity contribution in [1.29, 1.82) is 0 Å². The van der Waals surface area contributed by atoms with Crippen LogP contribution in [-0.2, 0) is 6.18 Å². The van der Waals surface area contributed by atoms with Gasteiger partial charge in [-0.15, -0.1) is 0 Å². The van der Waals surface area contributed by atoms with Crippen LogP contribution in [0, 0.1) is 10.1 Å².